The van der Waals surface area contributed by atoms with E-state index in [2.05, 4.69) is 31.8 Å². The SMILES string of the molecule is CCCSc1nsc(NC(=O)CSc2nnc(N)n2C)n1. The van der Waals surface area contributed by atoms with Gasteiger partial charge >= 0.3 is 0 Å². The molecule has 2 heterocycles. The fourth-order valence-corrected chi connectivity index (χ4v) is 3.38. The zero-order valence-corrected chi connectivity index (χ0v) is 14.0. The predicted octanol–water partition coefficient (Wildman–Crippen LogP) is 1.48. The molecule has 0 fully saturated rings. The molecule has 0 saturated heterocycles. The molecule has 0 bridgehead atoms. The number of amides is 1. The zero-order chi connectivity index (χ0) is 15.2. The summed E-state index contributed by atoms with van der Waals surface area (Å²) >= 11 is 4.02. The fourth-order valence-electron chi connectivity index (χ4n) is 1.25. The van der Waals surface area contributed by atoms with Gasteiger partial charge in [0.15, 0.2) is 5.16 Å². The van der Waals surface area contributed by atoms with Crippen LogP contribution in [-0.4, -0.2) is 41.5 Å². The van der Waals surface area contributed by atoms with Crippen LogP contribution in [0.2, 0.25) is 0 Å². The van der Waals surface area contributed by atoms with Crippen molar-refractivity contribution in [3.05, 3.63) is 0 Å². The molecule has 3 N–H and O–H groups in total. The van der Waals surface area contributed by atoms with Crippen molar-refractivity contribution in [2.24, 2.45) is 7.05 Å². The van der Waals surface area contributed by atoms with Crippen LogP contribution in [0.15, 0.2) is 10.3 Å². The monoisotopic (exact) mass is 345 g/mol. The van der Waals surface area contributed by atoms with Gasteiger partial charge < -0.3 is 5.73 Å². The maximum Gasteiger partial charge on any atom is 0.236 e. The van der Waals surface area contributed by atoms with E-state index in [0.717, 1.165) is 12.2 Å². The second-order valence-electron chi connectivity index (χ2n) is 3.97. The summed E-state index contributed by atoms with van der Waals surface area (Å²) in [7, 11) is 1.75. The van der Waals surface area contributed by atoms with Crippen molar-refractivity contribution in [1.29, 1.82) is 0 Å². The number of thioether (sulfide) groups is 2. The smallest absolute Gasteiger partial charge is 0.236 e. The van der Waals surface area contributed by atoms with Crippen molar-refractivity contribution < 1.29 is 4.79 Å². The quantitative estimate of drug-likeness (QED) is 0.726. The van der Waals surface area contributed by atoms with Crippen molar-refractivity contribution >= 4 is 52.0 Å². The van der Waals surface area contributed by atoms with Crippen LogP contribution in [0, 0.1) is 0 Å². The van der Waals surface area contributed by atoms with Crippen LogP contribution in [0.3, 0.4) is 0 Å². The van der Waals surface area contributed by atoms with Gasteiger partial charge in [0.2, 0.25) is 22.1 Å². The Labute approximate surface area is 134 Å². The lowest BCUT2D eigenvalue weighted by Crippen LogP contribution is -2.14. The van der Waals surface area contributed by atoms with Crippen molar-refractivity contribution in [3.8, 4) is 0 Å². The number of carbonyl (C=O) groups excluding carboxylic acids is 1. The van der Waals surface area contributed by atoms with Crippen LogP contribution in [0.25, 0.3) is 0 Å². The molecule has 2 rings (SSSR count). The summed E-state index contributed by atoms with van der Waals surface area (Å²) in [6.07, 6.45) is 1.06. The lowest BCUT2D eigenvalue weighted by molar-refractivity contribution is -0.113. The Morgan fingerprint density at radius 3 is 2.90 bits per heavy atom. The number of aromatic nitrogens is 5. The van der Waals surface area contributed by atoms with Crippen LogP contribution < -0.4 is 11.1 Å². The first-order valence-corrected chi connectivity index (χ1v) is 8.88. The van der Waals surface area contributed by atoms with E-state index in [9.17, 15) is 4.79 Å². The van der Waals surface area contributed by atoms with Crippen molar-refractivity contribution in [1.82, 2.24) is 24.1 Å². The van der Waals surface area contributed by atoms with Gasteiger partial charge in [-0.3, -0.25) is 14.7 Å². The minimum absolute atomic E-state index is 0.162. The number of nitrogen functional groups attached to an aromatic ring is 1. The van der Waals surface area contributed by atoms with Gasteiger partial charge in [-0.25, -0.2) is 0 Å². The first kappa shape index (κ1) is 16.0. The van der Waals surface area contributed by atoms with Crippen LogP contribution >= 0.6 is 35.1 Å². The standard InChI is InChI=1S/C10H15N7OS3/c1-3-4-19-9-13-8(21-16-9)12-6(18)5-20-10-15-14-7(11)17(10)2/h3-5H2,1-2H3,(H2,11,14)(H,12,13,16,18). The Morgan fingerprint density at radius 2 is 2.24 bits per heavy atom. The zero-order valence-electron chi connectivity index (χ0n) is 11.6. The molecule has 0 aliphatic rings. The molecule has 0 radical (unpaired) electrons. The number of carbonyl (C=O) groups is 1. The first-order valence-electron chi connectivity index (χ1n) is 6.14. The molecule has 0 spiro atoms. The van der Waals surface area contributed by atoms with E-state index in [1.165, 1.54) is 23.3 Å². The minimum Gasteiger partial charge on any atom is -0.368 e. The maximum atomic E-state index is 11.8. The number of nitrogens with two attached hydrogens (primary N) is 1. The lowest BCUT2D eigenvalue weighted by Gasteiger charge is -2.01. The Bertz CT molecular complexity index is 612. The summed E-state index contributed by atoms with van der Waals surface area (Å²) in [5, 5.41) is 12.1. The number of nitrogens with one attached hydrogen (secondary N) is 1. The fraction of sp³-hybridized carbons (Fsp3) is 0.500. The van der Waals surface area contributed by atoms with Gasteiger partial charge in [-0.15, -0.1) is 10.2 Å². The highest BCUT2D eigenvalue weighted by Crippen LogP contribution is 2.21. The molecule has 0 unspecified atom stereocenters. The first-order chi connectivity index (χ1) is 10.1. The summed E-state index contributed by atoms with van der Waals surface area (Å²) in [4.78, 5) is 16.1. The highest BCUT2D eigenvalue weighted by molar-refractivity contribution is 7.99. The molecule has 11 heteroatoms. The number of nitrogens with zero attached hydrogens (tertiary/aromatic N) is 5. The van der Waals surface area contributed by atoms with E-state index in [-0.39, 0.29) is 11.7 Å². The molecule has 21 heavy (non-hydrogen) atoms. The van der Waals surface area contributed by atoms with E-state index in [0.29, 0.717) is 21.4 Å². The van der Waals surface area contributed by atoms with Gasteiger partial charge in [-0.1, -0.05) is 30.4 Å². The molecular formula is C10H15N7OS3. The molecular weight excluding hydrogens is 330 g/mol. The minimum atomic E-state index is -0.162. The van der Waals surface area contributed by atoms with Gasteiger partial charge in [-0.05, 0) is 6.42 Å². The summed E-state index contributed by atoms with van der Waals surface area (Å²) in [6.45, 7) is 2.10. The third-order valence-corrected chi connectivity index (χ3v) is 5.11. The molecule has 2 aromatic heterocycles. The van der Waals surface area contributed by atoms with E-state index in [4.69, 9.17) is 5.73 Å². The Balaban J connectivity index is 1.81. The van der Waals surface area contributed by atoms with Crippen LogP contribution in [-0.2, 0) is 11.8 Å². The van der Waals surface area contributed by atoms with Crippen LogP contribution in [0.5, 0.6) is 0 Å². The van der Waals surface area contributed by atoms with Gasteiger partial charge in [0, 0.05) is 24.3 Å². The highest BCUT2D eigenvalue weighted by Gasteiger charge is 2.11. The Kier molecular flexibility index (Phi) is 5.82. The second-order valence-corrected chi connectivity index (χ2v) is 6.72. The molecule has 0 aliphatic heterocycles. The van der Waals surface area contributed by atoms with E-state index >= 15 is 0 Å². The number of anilines is 2. The van der Waals surface area contributed by atoms with Gasteiger partial charge in [-0.2, -0.15) is 9.36 Å². The van der Waals surface area contributed by atoms with E-state index in [1.807, 2.05) is 0 Å². The largest absolute Gasteiger partial charge is 0.368 e. The third kappa shape index (κ3) is 4.58. The molecule has 0 aliphatic carbocycles. The highest BCUT2D eigenvalue weighted by atomic mass is 32.2. The topological polar surface area (TPSA) is 112 Å². The summed E-state index contributed by atoms with van der Waals surface area (Å²) < 4.78 is 5.80. The van der Waals surface area contributed by atoms with E-state index in [1.54, 1.807) is 23.4 Å². The predicted molar refractivity (Wildman–Crippen MR) is 85.7 cm³/mol. The molecule has 0 atom stereocenters. The van der Waals surface area contributed by atoms with Crippen LogP contribution in [0.4, 0.5) is 11.1 Å². The van der Waals surface area contributed by atoms with Crippen molar-refractivity contribution in [3.63, 3.8) is 0 Å². The normalized spacial score (nSPS) is 10.8. The molecule has 114 valence electrons. The van der Waals surface area contributed by atoms with Crippen molar-refractivity contribution in [2.75, 3.05) is 22.6 Å². The Morgan fingerprint density at radius 1 is 1.43 bits per heavy atom. The average molecular weight is 345 g/mol. The summed E-state index contributed by atoms with van der Waals surface area (Å²) in [5.41, 5.74) is 5.57. The van der Waals surface area contributed by atoms with E-state index < -0.39 is 0 Å². The molecule has 2 aromatic rings. The van der Waals surface area contributed by atoms with Gasteiger partial charge in [0.1, 0.15) is 0 Å². The molecule has 1 amide bonds. The molecule has 0 aromatic carbocycles. The maximum absolute atomic E-state index is 11.8. The second kappa shape index (κ2) is 7.61. The van der Waals surface area contributed by atoms with Gasteiger partial charge in [0.05, 0.1) is 5.75 Å². The summed E-state index contributed by atoms with van der Waals surface area (Å²) in [6, 6.07) is 0. The third-order valence-electron chi connectivity index (χ3n) is 2.29. The molecule has 8 nitrogen and oxygen atoms in total. The molecule has 0 saturated carbocycles. The number of hydrogen-bond donors (Lipinski definition) is 2. The number of hydrogen-bond acceptors (Lipinski definition) is 9. The lowest BCUT2D eigenvalue weighted by atomic mass is 10.6. The van der Waals surface area contributed by atoms with Gasteiger partial charge in [0.25, 0.3) is 0 Å². The summed E-state index contributed by atoms with van der Waals surface area (Å²) in [5.74, 6) is 1.33. The van der Waals surface area contributed by atoms with Crippen molar-refractivity contribution in [2.45, 2.75) is 23.7 Å². The number of rotatable bonds is 7. The van der Waals surface area contributed by atoms with Crippen LogP contribution in [0.1, 0.15) is 13.3 Å². The Hall–Kier alpha value is -1.33. The average Bonchev–Trinajstić information content (AvgIpc) is 3.03.